The predicted molar refractivity (Wildman–Crippen MR) is 83.6 cm³/mol. The maximum Gasteiger partial charge on any atom is 0.187 e. The van der Waals surface area contributed by atoms with Crippen LogP contribution in [0.2, 0.25) is 0 Å². The van der Waals surface area contributed by atoms with Crippen LogP contribution in [0.4, 0.5) is 5.69 Å². The number of hydrogen-bond acceptors (Lipinski definition) is 3. The Balaban J connectivity index is 1.72. The van der Waals surface area contributed by atoms with Crippen LogP contribution in [0.15, 0.2) is 60.8 Å². The third kappa shape index (κ3) is 1.98. The second kappa shape index (κ2) is 4.70. The molecule has 0 radical (unpaired) electrons. The van der Waals surface area contributed by atoms with E-state index in [4.69, 9.17) is 0 Å². The fourth-order valence-corrected chi connectivity index (χ4v) is 2.95. The van der Waals surface area contributed by atoms with Gasteiger partial charge in [-0.25, -0.2) is 0 Å². The molecule has 4 rings (SSSR count). The summed E-state index contributed by atoms with van der Waals surface area (Å²) in [6.45, 7) is 0. The van der Waals surface area contributed by atoms with E-state index in [2.05, 4.69) is 16.4 Å². The second-order valence-corrected chi connectivity index (χ2v) is 5.30. The summed E-state index contributed by atoms with van der Waals surface area (Å²) in [6.07, 6.45) is 2.47. The molecular formula is C18H14N2O. The van der Waals surface area contributed by atoms with Crippen LogP contribution in [0, 0.1) is 0 Å². The van der Waals surface area contributed by atoms with Crippen LogP contribution in [-0.4, -0.2) is 16.8 Å². The van der Waals surface area contributed by atoms with E-state index in [9.17, 15) is 4.79 Å². The quantitative estimate of drug-likeness (QED) is 0.728. The topological polar surface area (TPSA) is 42.0 Å². The standard InChI is InChI=1S/C18H14N2O/c21-18(16-11-13-5-1-2-9-15(13)20-16)14-8-3-6-12-7-4-10-19-17(12)14/h1-10,16,20H,11H2. The summed E-state index contributed by atoms with van der Waals surface area (Å²) in [7, 11) is 0. The van der Waals surface area contributed by atoms with Crippen LogP contribution in [0.1, 0.15) is 15.9 Å². The van der Waals surface area contributed by atoms with Crippen molar-refractivity contribution in [2.24, 2.45) is 0 Å². The van der Waals surface area contributed by atoms with Gasteiger partial charge in [0.15, 0.2) is 5.78 Å². The zero-order valence-corrected chi connectivity index (χ0v) is 11.4. The maximum absolute atomic E-state index is 12.8. The Kier molecular flexibility index (Phi) is 2.71. The molecule has 21 heavy (non-hydrogen) atoms. The molecule has 1 aromatic heterocycles. The van der Waals surface area contributed by atoms with E-state index in [1.807, 2.05) is 48.5 Å². The largest absolute Gasteiger partial charge is 0.374 e. The van der Waals surface area contributed by atoms with E-state index in [0.717, 1.165) is 23.0 Å². The fourth-order valence-electron chi connectivity index (χ4n) is 2.95. The van der Waals surface area contributed by atoms with Crippen molar-refractivity contribution in [1.29, 1.82) is 0 Å². The van der Waals surface area contributed by atoms with Crippen LogP contribution >= 0.6 is 0 Å². The lowest BCUT2D eigenvalue weighted by Crippen LogP contribution is -2.27. The van der Waals surface area contributed by atoms with Gasteiger partial charge in [-0.1, -0.05) is 36.4 Å². The first-order valence-corrected chi connectivity index (χ1v) is 7.05. The highest BCUT2D eigenvalue weighted by atomic mass is 16.1. The zero-order chi connectivity index (χ0) is 14.2. The van der Waals surface area contributed by atoms with Gasteiger partial charge in [0.1, 0.15) is 0 Å². The summed E-state index contributed by atoms with van der Waals surface area (Å²) in [5.74, 6) is 0.107. The average Bonchev–Trinajstić information content (AvgIpc) is 2.97. The summed E-state index contributed by atoms with van der Waals surface area (Å²) >= 11 is 0. The summed E-state index contributed by atoms with van der Waals surface area (Å²) < 4.78 is 0. The van der Waals surface area contributed by atoms with Gasteiger partial charge in [-0.2, -0.15) is 0 Å². The van der Waals surface area contributed by atoms with Gasteiger partial charge in [-0.3, -0.25) is 9.78 Å². The van der Waals surface area contributed by atoms with Gasteiger partial charge in [0.2, 0.25) is 0 Å². The van der Waals surface area contributed by atoms with E-state index in [1.165, 1.54) is 5.56 Å². The lowest BCUT2D eigenvalue weighted by atomic mass is 9.99. The number of rotatable bonds is 2. The van der Waals surface area contributed by atoms with Gasteiger partial charge in [0, 0.05) is 29.3 Å². The Morgan fingerprint density at radius 1 is 1.05 bits per heavy atom. The molecule has 0 fully saturated rings. The van der Waals surface area contributed by atoms with Crippen molar-refractivity contribution < 1.29 is 4.79 Å². The first kappa shape index (κ1) is 12.1. The van der Waals surface area contributed by atoms with Crippen molar-refractivity contribution in [3.8, 4) is 0 Å². The Hall–Kier alpha value is -2.68. The van der Waals surface area contributed by atoms with Crippen molar-refractivity contribution in [2.75, 3.05) is 5.32 Å². The molecule has 1 atom stereocenters. The molecular weight excluding hydrogens is 260 g/mol. The fraction of sp³-hybridized carbons (Fsp3) is 0.111. The van der Waals surface area contributed by atoms with Gasteiger partial charge in [-0.15, -0.1) is 0 Å². The Morgan fingerprint density at radius 3 is 2.81 bits per heavy atom. The van der Waals surface area contributed by atoms with Gasteiger partial charge >= 0.3 is 0 Å². The average molecular weight is 274 g/mol. The highest BCUT2D eigenvalue weighted by Gasteiger charge is 2.28. The minimum atomic E-state index is -0.199. The maximum atomic E-state index is 12.8. The number of anilines is 1. The minimum absolute atomic E-state index is 0.107. The summed E-state index contributed by atoms with van der Waals surface area (Å²) in [5.41, 5.74) is 3.73. The van der Waals surface area contributed by atoms with E-state index in [0.29, 0.717) is 5.56 Å². The van der Waals surface area contributed by atoms with Crippen LogP contribution in [0.5, 0.6) is 0 Å². The van der Waals surface area contributed by atoms with Gasteiger partial charge in [-0.05, 0) is 23.8 Å². The Labute approximate surface area is 122 Å². The molecule has 0 aliphatic carbocycles. The molecule has 0 saturated carbocycles. The number of Topliss-reactive ketones (excluding diaryl/α,β-unsaturated/α-hetero) is 1. The Bertz CT molecular complexity index is 811. The summed E-state index contributed by atoms with van der Waals surface area (Å²) in [5, 5.41) is 4.32. The molecule has 2 heterocycles. The summed E-state index contributed by atoms with van der Waals surface area (Å²) in [4.78, 5) is 17.2. The number of nitrogens with zero attached hydrogens (tertiary/aromatic N) is 1. The third-order valence-electron chi connectivity index (χ3n) is 3.99. The van der Waals surface area contributed by atoms with Crippen LogP contribution < -0.4 is 5.32 Å². The lowest BCUT2D eigenvalue weighted by molar-refractivity contribution is 0.0973. The molecule has 3 nitrogen and oxygen atoms in total. The Morgan fingerprint density at radius 2 is 1.90 bits per heavy atom. The van der Waals surface area contributed by atoms with E-state index < -0.39 is 0 Å². The van der Waals surface area contributed by atoms with Crippen LogP contribution in [-0.2, 0) is 6.42 Å². The number of aromatic nitrogens is 1. The van der Waals surface area contributed by atoms with Gasteiger partial charge in [0.25, 0.3) is 0 Å². The zero-order valence-electron chi connectivity index (χ0n) is 11.4. The second-order valence-electron chi connectivity index (χ2n) is 5.30. The number of fused-ring (bicyclic) bond motifs is 2. The van der Waals surface area contributed by atoms with E-state index >= 15 is 0 Å². The van der Waals surface area contributed by atoms with Crippen molar-refractivity contribution in [3.63, 3.8) is 0 Å². The number of para-hydroxylation sites is 2. The molecule has 0 amide bonds. The van der Waals surface area contributed by atoms with Gasteiger partial charge < -0.3 is 5.32 Å². The minimum Gasteiger partial charge on any atom is -0.374 e. The van der Waals surface area contributed by atoms with Gasteiger partial charge in [0.05, 0.1) is 11.6 Å². The molecule has 102 valence electrons. The van der Waals surface area contributed by atoms with Crippen molar-refractivity contribution in [2.45, 2.75) is 12.5 Å². The van der Waals surface area contributed by atoms with Crippen LogP contribution in [0.25, 0.3) is 10.9 Å². The van der Waals surface area contributed by atoms with E-state index in [-0.39, 0.29) is 11.8 Å². The first-order valence-electron chi connectivity index (χ1n) is 7.05. The van der Waals surface area contributed by atoms with Crippen molar-refractivity contribution in [1.82, 2.24) is 4.98 Å². The molecule has 2 aromatic carbocycles. The number of benzene rings is 2. The normalized spacial score (nSPS) is 16.5. The van der Waals surface area contributed by atoms with E-state index in [1.54, 1.807) is 6.20 Å². The number of carbonyl (C=O) groups is 1. The lowest BCUT2D eigenvalue weighted by Gasteiger charge is -2.11. The highest BCUT2D eigenvalue weighted by molar-refractivity contribution is 6.10. The number of ketones is 1. The smallest absolute Gasteiger partial charge is 0.187 e. The number of pyridine rings is 1. The molecule has 3 aromatic rings. The third-order valence-corrected chi connectivity index (χ3v) is 3.99. The molecule has 0 spiro atoms. The molecule has 1 aliphatic heterocycles. The van der Waals surface area contributed by atoms with Crippen LogP contribution in [0.3, 0.4) is 0 Å². The molecule has 1 aliphatic rings. The summed E-state index contributed by atoms with van der Waals surface area (Å²) in [6, 6.07) is 17.5. The SMILES string of the molecule is O=C(c1cccc2cccnc12)C1Cc2ccccc2N1. The molecule has 0 bridgehead atoms. The number of carbonyl (C=O) groups excluding carboxylic acids is 1. The molecule has 3 heteroatoms. The molecule has 1 unspecified atom stereocenters. The number of hydrogen-bond donors (Lipinski definition) is 1. The monoisotopic (exact) mass is 274 g/mol. The highest BCUT2D eigenvalue weighted by Crippen LogP contribution is 2.28. The molecule has 1 N–H and O–H groups in total. The first-order chi connectivity index (χ1) is 10.3. The number of nitrogens with one attached hydrogen (secondary N) is 1. The van der Waals surface area contributed by atoms with Crippen molar-refractivity contribution in [3.05, 3.63) is 71.9 Å². The predicted octanol–water partition coefficient (Wildman–Crippen LogP) is 3.45. The molecule has 0 saturated heterocycles. The van der Waals surface area contributed by atoms with Crippen molar-refractivity contribution >= 4 is 22.4 Å².